The molecule has 0 N–H and O–H groups in total. The van der Waals surface area contributed by atoms with Crippen molar-refractivity contribution in [3.63, 3.8) is 0 Å². The van der Waals surface area contributed by atoms with E-state index in [0.29, 0.717) is 19.3 Å². The van der Waals surface area contributed by atoms with Crippen LogP contribution in [0.4, 0.5) is 0 Å². The molecule has 1 atom stereocenters. The van der Waals surface area contributed by atoms with Gasteiger partial charge in [-0.3, -0.25) is 14.4 Å². The molecule has 0 radical (unpaired) electrons. The van der Waals surface area contributed by atoms with Crippen molar-refractivity contribution < 1.29 is 28.6 Å². The van der Waals surface area contributed by atoms with E-state index in [0.717, 1.165) is 103 Å². The van der Waals surface area contributed by atoms with E-state index in [1.54, 1.807) is 0 Å². The van der Waals surface area contributed by atoms with Crippen molar-refractivity contribution in [3.8, 4) is 0 Å². The summed E-state index contributed by atoms with van der Waals surface area (Å²) in [5.74, 6) is -1.04. The Balaban J connectivity index is 4.62. The number of allylic oxidation sites excluding steroid dienone is 24. The molecule has 0 rings (SSSR count). The van der Waals surface area contributed by atoms with Gasteiger partial charge in [0.15, 0.2) is 6.10 Å². The van der Waals surface area contributed by atoms with Crippen molar-refractivity contribution in [3.05, 3.63) is 146 Å². The van der Waals surface area contributed by atoms with Gasteiger partial charge in [-0.25, -0.2) is 0 Å². The molecule has 0 aromatic rings. The number of carbonyl (C=O) groups excluding carboxylic acids is 3. The number of carbonyl (C=O) groups is 3. The van der Waals surface area contributed by atoms with Crippen LogP contribution in [0.2, 0.25) is 0 Å². The minimum Gasteiger partial charge on any atom is -0.462 e. The molecule has 0 saturated carbocycles. The third-order valence-electron chi connectivity index (χ3n) is 8.83. The number of unbranched alkanes of at least 4 members (excludes halogenated alkanes) is 11. The summed E-state index contributed by atoms with van der Waals surface area (Å²) in [6.45, 7) is 6.11. The van der Waals surface area contributed by atoms with E-state index in [1.165, 1.54) is 0 Å². The molecule has 6 heteroatoms. The molecule has 0 aliphatic rings. The van der Waals surface area contributed by atoms with Crippen LogP contribution in [0.1, 0.15) is 156 Å². The molecule has 60 heavy (non-hydrogen) atoms. The molecular weight excluding hydrogens is 745 g/mol. The van der Waals surface area contributed by atoms with Crippen LogP contribution in [0.15, 0.2) is 146 Å². The monoisotopic (exact) mass is 825 g/mol. The minimum atomic E-state index is -0.829. The maximum Gasteiger partial charge on any atom is 0.306 e. The van der Waals surface area contributed by atoms with E-state index in [1.807, 2.05) is 97.2 Å². The molecule has 0 aliphatic carbocycles. The van der Waals surface area contributed by atoms with E-state index in [9.17, 15) is 14.4 Å². The van der Waals surface area contributed by atoms with Gasteiger partial charge in [0.1, 0.15) is 13.2 Å². The maximum absolute atomic E-state index is 12.7. The number of rotatable bonds is 38. The molecule has 0 aromatic carbocycles. The Morgan fingerprint density at radius 2 is 0.683 bits per heavy atom. The smallest absolute Gasteiger partial charge is 0.306 e. The first-order valence-corrected chi connectivity index (χ1v) is 23.0. The number of esters is 3. The molecule has 0 bridgehead atoms. The van der Waals surface area contributed by atoms with Crippen LogP contribution in [-0.4, -0.2) is 37.2 Å². The lowest BCUT2D eigenvalue weighted by atomic mass is 10.1. The molecule has 0 spiro atoms. The fourth-order valence-electron chi connectivity index (χ4n) is 5.46. The third-order valence-corrected chi connectivity index (χ3v) is 8.83. The number of hydrogen-bond acceptors (Lipinski definition) is 6. The second kappa shape index (κ2) is 47.0. The molecule has 0 aromatic heterocycles. The SMILES string of the molecule is CC\C=C/C=C\C=C/C=C\C=C/CCCCCC(=O)OCC(COC(=O)CCCCCCC/C=C\C/C=C\CC)OC(=O)CCCCC\C=C/C=C\C=C/C=C\C=C/CC. The highest BCUT2D eigenvalue weighted by Crippen LogP contribution is 2.11. The average molecular weight is 825 g/mol. The van der Waals surface area contributed by atoms with E-state index in [-0.39, 0.29) is 44.0 Å². The Hall–Kier alpha value is -4.71. The summed E-state index contributed by atoms with van der Waals surface area (Å²) in [6.07, 6.45) is 66.8. The van der Waals surface area contributed by atoms with Crippen molar-refractivity contribution in [2.45, 2.75) is 162 Å². The Kier molecular flexibility index (Phi) is 43.3. The van der Waals surface area contributed by atoms with E-state index < -0.39 is 6.10 Å². The summed E-state index contributed by atoms with van der Waals surface area (Å²) in [5, 5.41) is 0. The summed E-state index contributed by atoms with van der Waals surface area (Å²) in [7, 11) is 0. The summed E-state index contributed by atoms with van der Waals surface area (Å²) >= 11 is 0. The highest BCUT2D eigenvalue weighted by molar-refractivity contribution is 5.71. The highest BCUT2D eigenvalue weighted by atomic mass is 16.6. The first-order chi connectivity index (χ1) is 29.5. The molecule has 0 heterocycles. The first-order valence-electron chi connectivity index (χ1n) is 23.0. The van der Waals surface area contributed by atoms with Crippen molar-refractivity contribution >= 4 is 17.9 Å². The van der Waals surface area contributed by atoms with E-state index >= 15 is 0 Å². The Morgan fingerprint density at radius 1 is 0.350 bits per heavy atom. The van der Waals surface area contributed by atoms with Crippen LogP contribution in [0.25, 0.3) is 0 Å². The Labute approximate surface area is 366 Å². The van der Waals surface area contributed by atoms with Crippen molar-refractivity contribution in [1.29, 1.82) is 0 Å². The van der Waals surface area contributed by atoms with Gasteiger partial charge < -0.3 is 14.2 Å². The summed E-state index contributed by atoms with van der Waals surface area (Å²) < 4.78 is 16.6. The van der Waals surface area contributed by atoms with Crippen LogP contribution in [-0.2, 0) is 28.6 Å². The molecule has 0 fully saturated rings. The zero-order valence-corrected chi connectivity index (χ0v) is 37.6. The van der Waals surface area contributed by atoms with Crippen LogP contribution >= 0.6 is 0 Å². The fraction of sp³-hybridized carbons (Fsp3) is 0.500. The summed E-state index contributed by atoms with van der Waals surface area (Å²) in [6, 6.07) is 0. The molecule has 0 amide bonds. The standard InChI is InChI=1S/C54H80O6/c1-4-7-10-13-16-19-22-25-27-29-32-35-38-41-44-47-53(56)59-50-51(49-58-52(55)46-43-40-37-34-31-24-21-18-15-12-9-6-3)60-54(57)48-45-42-39-36-33-30-28-26-23-20-17-14-11-8-5-2/h7-14,16-23,25-30,32-33,51H,4-6,15,24,31,34-50H2,1-3H3/b10-7-,11-8-,12-9-,16-13-,17-14-,21-18-,22-19-,23-20-,27-25-,28-26-,32-29-,33-30-. The molecule has 332 valence electrons. The van der Waals surface area contributed by atoms with Crippen LogP contribution in [0.3, 0.4) is 0 Å². The lowest BCUT2D eigenvalue weighted by Crippen LogP contribution is -2.30. The van der Waals surface area contributed by atoms with Gasteiger partial charge in [-0.2, -0.15) is 0 Å². The van der Waals surface area contributed by atoms with Gasteiger partial charge in [0.25, 0.3) is 0 Å². The van der Waals surface area contributed by atoms with Crippen LogP contribution in [0.5, 0.6) is 0 Å². The highest BCUT2D eigenvalue weighted by Gasteiger charge is 2.19. The lowest BCUT2D eigenvalue weighted by molar-refractivity contribution is -0.167. The molecule has 1 unspecified atom stereocenters. The number of hydrogen-bond donors (Lipinski definition) is 0. The minimum absolute atomic E-state index is 0.124. The lowest BCUT2D eigenvalue weighted by Gasteiger charge is -2.18. The predicted octanol–water partition coefficient (Wildman–Crippen LogP) is 14.9. The van der Waals surface area contributed by atoms with Crippen molar-refractivity contribution in [2.75, 3.05) is 13.2 Å². The summed E-state index contributed by atoms with van der Waals surface area (Å²) in [5.41, 5.74) is 0. The second-order valence-electron chi connectivity index (χ2n) is 14.4. The van der Waals surface area contributed by atoms with Gasteiger partial charge >= 0.3 is 17.9 Å². The van der Waals surface area contributed by atoms with Gasteiger partial charge in [-0.05, 0) is 83.5 Å². The van der Waals surface area contributed by atoms with Gasteiger partial charge in [0.2, 0.25) is 0 Å². The Bertz CT molecular complexity index is 1410. The van der Waals surface area contributed by atoms with Crippen LogP contribution in [0, 0.1) is 0 Å². The summed E-state index contributed by atoms with van der Waals surface area (Å²) in [4.78, 5) is 37.8. The molecule has 6 nitrogen and oxygen atoms in total. The zero-order chi connectivity index (χ0) is 43.7. The zero-order valence-electron chi connectivity index (χ0n) is 37.6. The fourth-order valence-corrected chi connectivity index (χ4v) is 5.46. The first kappa shape index (κ1) is 55.3. The van der Waals surface area contributed by atoms with Gasteiger partial charge in [-0.1, -0.05) is 199 Å². The van der Waals surface area contributed by atoms with E-state index in [2.05, 4.69) is 69.4 Å². The molecule has 0 saturated heterocycles. The van der Waals surface area contributed by atoms with Crippen molar-refractivity contribution in [1.82, 2.24) is 0 Å². The van der Waals surface area contributed by atoms with Gasteiger partial charge in [0.05, 0.1) is 0 Å². The number of ether oxygens (including phenoxy) is 3. The molecular formula is C54H80O6. The Morgan fingerprint density at radius 3 is 1.13 bits per heavy atom. The van der Waals surface area contributed by atoms with E-state index in [4.69, 9.17) is 14.2 Å². The topological polar surface area (TPSA) is 78.9 Å². The van der Waals surface area contributed by atoms with Gasteiger partial charge in [-0.15, -0.1) is 0 Å². The normalized spacial score (nSPS) is 13.4. The molecule has 0 aliphatic heterocycles. The second-order valence-corrected chi connectivity index (χ2v) is 14.4. The largest absolute Gasteiger partial charge is 0.462 e. The third kappa shape index (κ3) is 44.4. The predicted molar refractivity (Wildman–Crippen MR) is 255 cm³/mol. The quantitative estimate of drug-likeness (QED) is 0.0203. The average Bonchev–Trinajstić information content (AvgIpc) is 3.24. The van der Waals surface area contributed by atoms with Gasteiger partial charge in [0, 0.05) is 19.3 Å². The van der Waals surface area contributed by atoms with Crippen LogP contribution < -0.4 is 0 Å². The maximum atomic E-state index is 12.7. The van der Waals surface area contributed by atoms with Crippen molar-refractivity contribution in [2.24, 2.45) is 0 Å².